The summed E-state index contributed by atoms with van der Waals surface area (Å²) in [5, 5.41) is 3.83. The van der Waals surface area contributed by atoms with E-state index in [1.165, 1.54) is 25.8 Å². The number of amides is 1. The van der Waals surface area contributed by atoms with Gasteiger partial charge in [-0.1, -0.05) is 35.5 Å². The van der Waals surface area contributed by atoms with Crippen molar-refractivity contribution in [2.24, 2.45) is 14.1 Å². The summed E-state index contributed by atoms with van der Waals surface area (Å²) in [7, 11) is 6.02. The molecule has 0 radical (unpaired) electrons. The Morgan fingerprint density at radius 2 is 1.78 bits per heavy atom. The number of ether oxygens (including phenoxy) is 2. The monoisotopic (exact) mass is 529 g/mol. The van der Waals surface area contributed by atoms with E-state index in [0.29, 0.717) is 33.9 Å². The van der Waals surface area contributed by atoms with Gasteiger partial charge in [0.1, 0.15) is 11.5 Å². The molecule has 0 fully saturated rings. The number of carbonyl (C=O) groups excluding carboxylic acids is 1. The van der Waals surface area contributed by atoms with Crippen molar-refractivity contribution in [2.45, 2.75) is 11.7 Å². The smallest absolute Gasteiger partial charge is 0.332 e. The van der Waals surface area contributed by atoms with Crippen LogP contribution in [0.1, 0.15) is 5.56 Å². The molecule has 0 aliphatic rings. The molecule has 4 aromatic rings. The van der Waals surface area contributed by atoms with Crippen LogP contribution in [0.5, 0.6) is 11.5 Å². The molecule has 0 aliphatic carbocycles. The number of carbonyl (C=O) groups is 1. The van der Waals surface area contributed by atoms with E-state index in [1.54, 1.807) is 41.9 Å². The van der Waals surface area contributed by atoms with Gasteiger partial charge < -0.3 is 19.4 Å². The number of aryl methyl sites for hydroxylation is 1. The molecule has 2 aromatic carbocycles. The molecule has 1 amide bonds. The molecule has 4 rings (SSSR count). The van der Waals surface area contributed by atoms with E-state index in [2.05, 4.69) is 10.3 Å². The minimum absolute atomic E-state index is 0.00142. The molecule has 10 nitrogen and oxygen atoms in total. The second-order valence-electron chi connectivity index (χ2n) is 7.89. The van der Waals surface area contributed by atoms with Gasteiger partial charge in [0.05, 0.1) is 32.2 Å². The molecule has 0 saturated heterocycles. The minimum Gasteiger partial charge on any atom is -0.497 e. The van der Waals surface area contributed by atoms with Crippen molar-refractivity contribution in [3.8, 4) is 11.5 Å². The third-order valence-corrected chi connectivity index (χ3v) is 6.81. The second kappa shape index (κ2) is 10.5. The Morgan fingerprint density at radius 1 is 1.06 bits per heavy atom. The average molecular weight is 530 g/mol. The number of nitrogens with one attached hydrogen (secondary N) is 1. The molecule has 188 valence electrons. The topological polar surface area (TPSA) is 109 Å². The molecule has 0 aliphatic heterocycles. The summed E-state index contributed by atoms with van der Waals surface area (Å²) in [6.07, 6.45) is 0. The molecule has 0 spiro atoms. The van der Waals surface area contributed by atoms with Gasteiger partial charge in [0.25, 0.3) is 5.56 Å². The summed E-state index contributed by atoms with van der Waals surface area (Å²) in [5.74, 6) is 0.750. The Kier molecular flexibility index (Phi) is 7.41. The van der Waals surface area contributed by atoms with E-state index < -0.39 is 11.2 Å². The number of halogens is 1. The zero-order chi connectivity index (χ0) is 26.0. The van der Waals surface area contributed by atoms with Crippen LogP contribution in [0.15, 0.2) is 57.2 Å². The normalized spacial score (nSPS) is 11.0. The number of thioether (sulfide) groups is 1. The highest BCUT2D eigenvalue weighted by Crippen LogP contribution is 2.29. The first-order valence-electron chi connectivity index (χ1n) is 10.8. The van der Waals surface area contributed by atoms with E-state index in [1.807, 2.05) is 12.1 Å². The van der Waals surface area contributed by atoms with Gasteiger partial charge in [-0.05, 0) is 29.8 Å². The van der Waals surface area contributed by atoms with Gasteiger partial charge in [0.15, 0.2) is 16.3 Å². The lowest BCUT2D eigenvalue weighted by atomic mass is 10.2. The van der Waals surface area contributed by atoms with Gasteiger partial charge in [-0.15, -0.1) is 0 Å². The number of rotatable bonds is 8. The number of methoxy groups -OCH3 is 2. The van der Waals surface area contributed by atoms with Crippen LogP contribution in [-0.4, -0.2) is 44.6 Å². The van der Waals surface area contributed by atoms with Crippen LogP contribution >= 0.6 is 23.4 Å². The van der Waals surface area contributed by atoms with Crippen molar-refractivity contribution in [1.29, 1.82) is 0 Å². The van der Waals surface area contributed by atoms with Gasteiger partial charge in [-0.2, -0.15) is 0 Å². The van der Waals surface area contributed by atoms with Crippen molar-refractivity contribution in [3.05, 3.63) is 73.9 Å². The lowest BCUT2D eigenvalue weighted by Gasteiger charge is -2.12. The number of hydrogen-bond donors (Lipinski definition) is 1. The summed E-state index contributed by atoms with van der Waals surface area (Å²) < 4.78 is 14.6. The number of hydrogen-bond acceptors (Lipinski definition) is 7. The van der Waals surface area contributed by atoms with Crippen LogP contribution in [0, 0.1) is 0 Å². The van der Waals surface area contributed by atoms with Crippen molar-refractivity contribution in [1.82, 2.24) is 18.7 Å². The van der Waals surface area contributed by atoms with Crippen molar-refractivity contribution in [2.75, 3.05) is 25.3 Å². The van der Waals surface area contributed by atoms with Gasteiger partial charge in [-0.25, -0.2) is 9.78 Å². The molecule has 0 atom stereocenters. The van der Waals surface area contributed by atoms with Crippen molar-refractivity contribution in [3.63, 3.8) is 0 Å². The van der Waals surface area contributed by atoms with E-state index in [-0.39, 0.29) is 22.8 Å². The van der Waals surface area contributed by atoms with E-state index in [4.69, 9.17) is 21.1 Å². The molecule has 36 heavy (non-hydrogen) atoms. The van der Waals surface area contributed by atoms with Crippen molar-refractivity contribution < 1.29 is 14.3 Å². The largest absolute Gasteiger partial charge is 0.497 e. The predicted octanol–water partition coefficient (Wildman–Crippen LogP) is 2.88. The molecular formula is C24H24ClN5O5S. The molecule has 2 heterocycles. The Balaban J connectivity index is 1.68. The molecule has 0 bridgehead atoms. The van der Waals surface area contributed by atoms with Crippen LogP contribution in [0.2, 0.25) is 5.02 Å². The summed E-state index contributed by atoms with van der Waals surface area (Å²) in [4.78, 5) is 42.9. The molecule has 0 unspecified atom stereocenters. The quantitative estimate of drug-likeness (QED) is 0.349. The summed E-state index contributed by atoms with van der Waals surface area (Å²) in [5.41, 5.74) is 0.909. The third-order valence-electron chi connectivity index (χ3n) is 5.58. The summed E-state index contributed by atoms with van der Waals surface area (Å²) in [6, 6.07) is 12.3. The van der Waals surface area contributed by atoms with Crippen LogP contribution < -0.4 is 26.0 Å². The average Bonchev–Trinajstić information content (AvgIpc) is 3.24. The Bertz CT molecular complexity index is 1560. The lowest BCUT2D eigenvalue weighted by molar-refractivity contribution is -0.113. The van der Waals surface area contributed by atoms with Crippen LogP contribution in [0.4, 0.5) is 5.69 Å². The van der Waals surface area contributed by atoms with E-state index in [9.17, 15) is 14.4 Å². The number of anilines is 1. The maximum absolute atomic E-state index is 13.0. The van der Waals surface area contributed by atoms with Crippen molar-refractivity contribution >= 4 is 46.1 Å². The third kappa shape index (κ3) is 4.98. The Labute approximate surface area is 215 Å². The van der Waals surface area contributed by atoms with Gasteiger partial charge in [-0.3, -0.25) is 18.7 Å². The van der Waals surface area contributed by atoms with Crippen LogP contribution in [-0.2, 0) is 25.4 Å². The fourth-order valence-corrected chi connectivity index (χ4v) is 4.60. The lowest BCUT2D eigenvalue weighted by Crippen LogP contribution is -2.37. The molecular weight excluding hydrogens is 506 g/mol. The van der Waals surface area contributed by atoms with E-state index in [0.717, 1.165) is 21.9 Å². The highest BCUT2D eigenvalue weighted by Gasteiger charge is 2.21. The highest BCUT2D eigenvalue weighted by molar-refractivity contribution is 7.99. The molecule has 1 N–H and O–H groups in total. The zero-order valence-corrected chi connectivity index (χ0v) is 21.6. The van der Waals surface area contributed by atoms with Gasteiger partial charge in [0.2, 0.25) is 5.91 Å². The highest BCUT2D eigenvalue weighted by atomic mass is 35.5. The van der Waals surface area contributed by atoms with Gasteiger partial charge >= 0.3 is 5.69 Å². The first kappa shape index (κ1) is 25.4. The number of benzene rings is 2. The fraction of sp³-hybridized carbons (Fsp3) is 0.250. The minimum atomic E-state index is -0.483. The molecule has 12 heteroatoms. The second-order valence-corrected chi connectivity index (χ2v) is 9.27. The number of fused-ring (bicyclic) bond motifs is 1. The maximum Gasteiger partial charge on any atom is 0.332 e. The molecule has 0 saturated carbocycles. The number of aromatic nitrogens is 4. The SMILES string of the molecule is COc1ccc(OC)c(NC(=O)CSc2nc3c(c(=O)n(C)c(=O)n3C)n2Cc2ccc(Cl)cc2)c1. The number of nitrogens with zero attached hydrogens (tertiary/aromatic N) is 4. The summed E-state index contributed by atoms with van der Waals surface area (Å²) >= 11 is 7.17. The zero-order valence-electron chi connectivity index (χ0n) is 20.1. The summed E-state index contributed by atoms with van der Waals surface area (Å²) in [6.45, 7) is 0.300. The van der Waals surface area contributed by atoms with Crippen LogP contribution in [0.25, 0.3) is 11.2 Å². The maximum atomic E-state index is 13.0. The molecule has 2 aromatic heterocycles. The van der Waals surface area contributed by atoms with Gasteiger partial charge in [0, 0.05) is 25.2 Å². The number of imidazole rings is 1. The van der Waals surface area contributed by atoms with E-state index >= 15 is 0 Å². The Morgan fingerprint density at radius 3 is 2.44 bits per heavy atom. The first-order chi connectivity index (χ1) is 17.2. The first-order valence-corrected chi connectivity index (χ1v) is 12.1. The predicted molar refractivity (Wildman–Crippen MR) is 140 cm³/mol. The standard InChI is InChI=1S/C24H24ClN5O5S/c1-28-21-20(22(32)29(2)24(28)33)30(12-14-5-7-15(25)8-6-14)23(27-21)36-13-19(31)26-17-11-16(34-3)9-10-18(17)35-4/h5-11H,12-13H2,1-4H3,(H,26,31). The fourth-order valence-electron chi connectivity index (χ4n) is 3.68. The Hall–Kier alpha value is -3.70. The van der Waals surface area contributed by atoms with Crippen LogP contribution in [0.3, 0.4) is 0 Å².